The molecular formula is C17H15Cl2NO3. The van der Waals surface area contributed by atoms with Crippen LogP contribution in [0.3, 0.4) is 0 Å². The van der Waals surface area contributed by atoms with Gasteiger partial charge in [0.1, 0.15) is 24.7 Å². The zero-order valence-electron chi connectivity index (χ0n) is 12.7. The van der Waals surface area contributed by atoms with E-state index in [0.717, 1.165) is 5.69 Å². The Hall–Kier alpha value is -2.09. The average molecular weight is 352 g/mol. The highest BCUT2D eigenvalue weighted by Crippen LogP contribution is 2.27. The van der Waals surface area contributed by atoms with E-state index >= 15 is 0 Å². The van der Waals surface area contributed by atoms with E-state index < -0.39 is 0 Å². The summed E-state index contributed by atoms with van der Waals surface area (Å²) in [6, 6.07) is 8.20. The summed E-state index contributed by atoms with van der Waals surface area (Å²) in [5.74, 6) is 6.65. The molecule has 2 aromatic rings. The first-order chi connectivity index (χ1) is 11.0. The number of halogens is 2. The summed E-state index contributed by atoms with van der Waals surface area (Å²) in [7, 11) is 1.71. The van der Waals surface area contributed by atoms with Crippen LogP contribution in [0.5, 0.6) is 11.5 Å². The van der Waals surface area contributed by atoms with Crippen molar-refractivity contribution in [3.05, 3.63) is 56.4 Å². The summed E-state index contributed by atoms with van der Waals surface area (Å²) in [6.07, 6.45) is 0. The Bertz CT molecular complexity index is 819. The molecule has 0 radical (unpaired) electrons. The highest BCUT2D eigenvalue weighted by atomic mass is 35.5. The van der Waals surface area contributed by atoms with Gasteiger partial charge in [0.15, 0.2) is 0 Å². The van der Waals surface area contributed by atoms with Crippen molar-refractivity contribution in [2.75, 3.05) is 13.2 Å². The quantitative estimate of drug-likeness (QED) is 0.792. The molecular weight excluding hydrogens is 337 g/mol. The van der Waals surface area contributed by atoms with Crippen LogP contribution in [0.2, 0.25) is 10.0 Å². The first kappa shape index (κ1) is 17.3. The molecule has 2 rings (SSSR count). The van der Waals surface area contributed by atoms with Gasteiger partial charge >= 0.3 is 0 Å². The van der Waals surface area contributed by atoms with Gasteiger partial charge in [0, 0.05) is 23.8 Å². The van der Waals surface area contributed by atoms with Crippen molar-refractivity contribution < 1.29 is 9.47 Å². The standard InChI is InChI=1S/C17H15Cl2NO3/c1-12-9-14(11-17(21)20(12)2)22-7-3-4-8-23-16-6-5-13(18)10-15(16)19/h5-6,9-11H,7-8H2,1-2H3. The van der Waals surface area contributed by atoms with Crippen LogP contribution < -0.4 is 15.0 Å². The lowest BCUT2D eigenvalue weighted by atomic mass is 10.3. The molecule has 0 bridgehead atoms. The molecule has 1 aromatic heterocycles. The lowest BCUT2D eigenvalue weighted by molar-refractivity contribution is 0.361. The Kier molecular flexibility index (Phi) is 5.97. The van der Waals surface area contributed by atoms with E-state index in [0.29, 0.717) is 21.5 Å². The normalized spacial score (nSPS) is 9.91. The minimum Gasteiger partial charge on any atom is -0.481 e. The number of hydrogen-bond acceptors (Lipinski definition) is 3. The predicted molar refractivity (Wildman–Crippen MR) is 91.6 cm³/mol. The van der Waals surface area contributed by atoms with Crippen molar-refractivity contribution in [2.45, 2.75) is 6.92 Å². The molecule has 0 fully saturated rings. The minimum absolute atomic E-state index is 0.117. The SMILES string of the molecule is Cc1cc(OCC#CCOc2ccc(Cl)cc2Cl)cc(=O)n1C. The molecule has 4 nitrogen and oxygen atoms in total. The number of ether oxygens (including phenoxy) is 2. The van der Waals surface area contributed by atoms with E-state index in [1.54, 1.807) is 35.9 Å². The Labute approximate surface area is 144 Å². The van der Waals surface area contributed by atoms with Gasteiger partial charge in [0.25, 0.3) is 5.56 Å². The second-order valence-electron chi connectivity index (χ2n) is 4.74. The number of hydrogen-bond donors (Lipinski definition) is 0. The van der Waals surface area contributed by atoms with Crippen LogP contribution in [0.15, 0.2) is 35.1 Å². The second kappa shape index (κ2) is 7.96. The molecule has 0 amide bonds. The monoisotopic (exact) mass is 351 g/mol. The van der Waals surface area contributed by atoms with E-state index in [2.05, 4.69) is 11.8 Å². The van der Waals surface area contributed by atoms with E-state index in [9.17, 15) is 4.79 Å². The van der Waals surface area contributed by atoms with Gasteiger partial charge in [-0.2, -0.15) is 0 Å². The number of rotatable bonds is 4. The third kappa shape index (κ3) is 4.95. The first-order valence-corrected chi connectivity index (χ1v) is 7.57. The molecule has 0 saturated heterocycles. The van der Waals surface area contributed by atoms with Gasteiger partial charge < -0.3 is 14.0 Å². The highest BCUT2D eigenvalue weighted by Gasteiger charge is 2.01. The Morgan fingerprint density at radius 3 is 2.43 bits per heavy atom. The molecule has 0 N–H and O–H groups in total. The summed E-state index contributed by atoms with van der Waals surface area (Å²) >= 11 is 11.8. The molecule has 0 unspecified atom stereocenters. The molecule has 1 aromatic carbocycles. The fraction of sp³-hybridized carbons (Fsp3) is 0.235. The fourth-order valence-electron chi connectivity index (χ4n) is 1.75. The first-order valence-electron chi connectivity index (χ1n) is 6.81. The molecule has 1 heterocycles. The second-order valence-corrected chi connectivity index (χ2v) is 5.58. The van der Waals surface area contributed by atoms with Crippen molar-refractivity contribution in [1.29, 1.82) is 0 Å². The largest absolute Gasteiger partial charge is 0.481 e. The zero-order valence-corrected chi connectivity index (χ0v) is 14.2. The topological polar surface area (TPSA) is 40.5 Å². The molecule has 0 saturated carbocycles. The third-order valence-electron chi connectivity index (χ3n) is 3.11. The Balaban J connectivity index is 1.84. The smallest absolute Gasteiger partial charge is 0.254 e. The third-order valence-corrected chi connectivity index (χ3v) is 3.64. The Morgan fingerprint density at radius 2 is 1.78 bits per heavy atom. The van der Waals surface area contributed by atoms with Crippen LogP contribution in [0.4, 0.5) is 0 Å². The van der Waals surface area contributed by atoms with Crippen molar-refractivity contribution in [3.63, 3.8) is 0 Å². The van der Waals surface area contributed by atoms with Crippen molar-refractivity contribution in [3.8, 4) is 23.3 Å². The fourth-order valence-corrected chi connectivity index (χ4v) is 2.21. The maximum absolute atomic E-state index is 11.6. The average Bonchev–Trinajstić information content (AvgIpc) is 2.50. The molecule has 0 spiro atoms. The van der Waals surface area contributed by atoms with Crippen LogP contribution in [0, 0.1) is 18.8 Å². The number of nitrogens with zero attached hydrogens (tertiary/aromatic N) is 1. The van der Waals surface area contributed by atoms with E-state index in [4.69, 9.17) is 32.7 Å². The molecule has 120 valence electrons. The van der Waals surface area contributed by atoms with Crippen molar-refractivity contribution in [1.82, 2.24) is 4.57 Å². The van der Waals surface area contributed by atoms with E-state index in [1.165, 1.54) is 6.07 Å². The van der Waals surface area contributed by atoms with Gasteiger partial charge in [-0.1, -0.05) is 35.0 Å². The lowest BCUT2D eigenvalue weighted by Gasteiger charge is -2.06. The number of aromatic nitrogens is 1. The summed E-state index contributed by atoms with van der Waals surface area (Å²) in [5.41, 5.74) is 0.704. The molecule has 23 heavy (non-hydrogen) atoms. The van der Waals surface area contributed by atoms with E-state index in [1.807, 2.05) is 6.92 Å². The van der Waals surface area contributed by atoms with Crippen LogP contribution in [0.25, 0.3) is 0 Å². The summed E-state index contributed by atoms with van der Waals surface area (Å²) < 4.78 is 12.4. The number of pyridine rings is 1. The van der Waals surface area contributed by atoms with Crippen LogP contribution in [-0.2, 0) is 7.05 Å². The zero-order chi connectivity index (χ0) is 16.8. The van der Waals surface area contributed by atoms with Crippen molar-refractivity contribution in [2.24, 2.45) is 7.05 Å². The summed E-state index contributed by atoms with van der Waals surface area (Å²) in [4.78, 5) is 11.6. The van der Waals surface area contributed by atoms with Gasteiger partial charge in [0.2, 0.25) is 0 Å². The minimum atomic E-state index is -0.117. The van der Waals surface area contributed by atoms with Gasteiger partial charge in [-0.15, -0.1) is 0 Å². The highest BCUT2D eigenvalue weighted by molar-refractivity contribution is 6.35. The van der Waals surface area contributed by atoms with Gasteiger partial charge in [0.05, 0.1) is 5.02 Å². The molecule has 0 aliphatic carbocycles. The van der Waals surface area contributed by atoms with Crippen LogP contribution >= 0.6 is 23.2 Å². The number of aryl methyl sites for hydroxylation is 1. The predicted octanol–water partition coefficient (Wildman–Crippen LogP) is 3.46. The van der Waals surface area contributed by atoms with Crippen molar-refractivity contribution >= 4 is 23.2 Å². The maximum atomic E-state index is 11.6. The molecule has 0 aliphatic rings. The maximum Gasteiger partial charge on any atom is 0.254 e. The lowest BCUT2D eigenvalue weighted by Crippen LogP contribution is -2.18. The number of benzene rings is 1. The van der Waals surface area contributed by atoms with Gasteiger partial charge in [-0.25, -0.2) is 0 Å². The van der Waals surface area contributed by atoms with Gasteiger partial charge in [-0.3, -0.25) is 4.79 Å². The van der Waals surface area contributed by atoms with Crippen LogP contribution in [-0.4, -0.2) is 17.8 Å². The Morgan fingerprint density at radius 1 is 1.09 bits per heavy atom. The van der Waals surface area contributed by atoms with Gasteiger partial charge in [-0.05, 0) is 31.2 Å². The molecule has 6 heteroatoms. The molecule has 0 aliphatic heterocycles. The summed E-state index contributed by atoms with van der Waals surface area (Å²) in [5, 5.41) is 0.984. The van der Waals surface area contributed by atoms with E-state index in [-0.39, 0.29) is 18.8 Å². The summed E-state index contributed by atoms with van der Waals surface area (Å²) in [6.45, 7) is 2.19. The molecule has 0 atom stereocenters. The van der Waals surface area contributed by atoms with Crippen LogP contribution in [0.1, 0.15) is 5.69 Å².